The summed E-state index contributed by atoms with van der Waals surface area (Å²) >= 11 is 0. The van der Waals surface area contributed by atoms with E-state index in [9.17, 15) is 4.79 Å². The van der Waals surface area contributed by atoms with Crippen LogP contribution in [0.1, 0.15) is 58.2 Å². The van der Waals surface area contributed by atoms with Crippen molar-refractivity contribution in [1.82, 2.24) is 14.5 Å². The van der Waals surface area contributed by atoms with Crippen molar-refractivity contribution in [3.05, 3.63) is 18.2 Å². The van der Waals surface area contributed by atoms with Crippen molar-refractivity contribution in [3.8, 4) is 0 Å². The largest absolute Gasteiger partial charge is 0.339 e. The van der Waals surface area contributed by atoms with E-state index in [2.05, 4.69) is 28.3 Å². The first-order chi connectivity index (χ1) is 10.6. The molecule has 3 rings (SSSR count). The lowest BCUT2D eigenvalue weighted by Crippen LogP contribution is -2.47. The average molecular weight is 303 g/mol. The zero-order chi connectivity index (χ0) is 15.5. The minimum Gasteiger partial charge on any atom is -0.339 e. The molecule has 0 N–H and O–H groups in total. The molecule has 0 aliphatic carbocycles. The maximum atomic E-state index is 13.0. The van der Waals surface area contributed by atoms with Crippen molar-refractivity contribution in [2.75, 3.05) is 6.54 Å². The summed E-state index contributed by atoms with van der Waals surface area (Å²) in [6, 6.07) is 0.477. The van der Waals surface area contributed by atoms with Gasteiger partial charge in [0, 0.05) is 43.9 Å². The predicted molar refractivity (Wildman–Crippen MR) is 87.5 cm³/mol. The maximum absolute atomic E-state index is 13.0. The van der Waals surface area contributed by atoms with E-state index in [1.165, 1.54) is 32.1 Å². The van der Waals surface area contributed by atoms with Gasteiger partial charge in [-0.1, -0.05) is 13.8 Å². The van der Waals surface area contributed by atoms with Crippen LogP contribution in [0.4, 0.5) is 0 Å². The number of likely N-dealkylation sites (tertiary alicyclic amines) is 1. The molecule has 1 amide bonds. The molecule has 0 radical (unpaired) electrons. The normalized spacial score (nSPS) is 25.3. The summed E-state index contributed by atoms with van der Waals surface area (Å²) < 4.78 is 2.19. The van der Waals surface area contributed by atoms with Crippen molar-refractivity contribution in [1.29, 1.82) is 0 Å². The second-order valence-electron chi connectivity index (χ2n) is 7.38. The molecule has 1 aromatic rings. The molecule has 0 bridgehead atoms. The lowest BCUT2D eigenvalue weighted by Gasteiger charge is -2.39. The topological polar surface area (TPSA) is 38.1 Å². The quantitative estimate of drug-likeness (QED) is 0.856. The standard InChI is InChI=1S/C18H29N3O/c1-14(2)6-7-16-5-3-4-10-21(16)18(22)15-8-11-20-12-9-19-17(20)13-15/h9,12,14-16H,3-8,10-11,13H2,1-2H3/t15-,16+/m0/s1. The number of carbonyl (C=O) groups is 1. The number of nitrogens with zero attached hydrogens (tertiary/aromatic N) is 3. The van der Waals surface area contributed by atoms with Crippen LogP contribution in [0.15, 0.2) is 12.4 Å². The number of hydrogen-bond donors (Lipinski definition) is 0. The van der Waals surface area contributed by atoms with Gasteiger partial charge in [-0.2, -0.15) is 0 Å². The van der Waals surface area contributed by atoms with Gasteiger partial charge in [-0.25, -0.2) is 4.98 Å². The van der Waals surface area contributed by atoms with E-state index in [0.717, 1.165) is 37.7 Å². The van der Waals surface area contributed by atoms with Gasteiger partial charge in [0.05, 0.1) is 0 Å². The van der Waals surface area contributed by atoms with E-state index in [0.29, 0.717) is 11.9 Å². The van der Waals surface area contributed by atoms with Crippen molar-refractivity contribution in [2.24, 2.45) is 11.8 Å². The molecular weight excluding hydrogens is 274 g/mol. The third kappa shape index (κ3) is 3.36. The van der Waals surface area contributed by atoms with Gasteiger partial charge < -0.3 is 9.47 Å². The van der Waals surface area contributed by atoms with Crippen LogP contribution >= 0.6 is 0 Å². The van der Waals surface area contributed by atoms with Gasteiger partial charge in [0.1, 0.15) is 5.82 Å². The molecule has 4 heteroatoms. The zero-order valence-electron chi connectivity index (χ0n) is 14.0. The Morgan fingerprint density at radius 3 is 3.00 bits per heavy atom. The molecule has 1 fully saturated rings. The fourth-order valence-electron chi connectivity index (χ4n) is 3.91. The van der Waals surface area contributed by atoms with E-state index in [1.54, 1.807) is 0 Å². The molecule has 4 nitrogen and oxygen atoms in total. The van der Waals surface area contributed by atoms with Crippen LogP contribution in [-0.2, 0) is 17.8 Å². The molecule has 3 heterocycles. The number of rotatable bonds is 4. The Bertz CT molecular complexity index is 508. The van der Waals surface area contributed by atoms with E-state index in [1.807, 2.05) is 12.4 Å². The first-order valence-corrected chi connectivity index (χ1v) is 8.95. The van der Waals surface area contributed by atoms with Crippen LogP contribution < -0.4 is 0 Å². The summed E-state index contributed by atoms with van der Waals surface area (Å²) in [6.45, 7) is 6.45. The minimum absolute atomic E-state index is 0.148. The van der Waals surface area contributed by atoms with Crippen molar-refractivity contribution in [2.45, 2.75) is 71.4 Å². The molecule has 0 unspecified atom stereocenters. The first-order valence-electron chi connectivity index (χ1n) is 8.95. The Kier molecular flexibility index (Phi) is 4.84. The van der Waals surface area contributed by atoms with Gasteiger partial charge in [0.15, 0.2) is 0 Å². The second-order valence-corrected chi connectivity index (χ2v) is 7.38. The SMILES string of the molecule is CC(C)CC[C@H]1CCCCN1C(=O)[C@H]1CCn2ccnc2C1. The highest BCUT2D eigenvalue weighted by Gasteiger charge is 2.33. The van der Waals surface area contributed by atoms with Crippen molar-refractivity contribution < 1.29 is 4.79 Å². The maximum Gasteiger partial charge on any atom is 0.226 e. The highest BCUT2D eigenvalue weighted by Crippen LogP contribution is 2.28. The minimum atomic E-state index is 0.148. The van der Waals surface area contributed by atoms with Gasteiger partial charge in [0.25, 0.3) is 0 Å². The fraction of sp³-hybridized carbons (Fsp3) is 0.778. The third-order valence-corrected chi connectivity index (χ3v) is 5.29. The molecule has 1 aromatic heterocycles. The van der Waals surface area contributed by atoms with Crippen LogP contribution in [0.3, 0.4) is 0 Å². The number of piperidine rings is 1. The molecule has 2 aliphatic rings. The van der Waals surface area contributed by atoms with Gasteiger partial charge in [-0.15, -0.1) is 0 Å². The number of imidazole rings is 1. The van der Waals surface area contributed by atoms with Crippen molar-refractivity contribution >= 4 is 5.91 Å². The predicted octanol–water partition coefficient (Wildman–Crippen LogP) is 3.26. The summed E-state index contributed by atoms with van der Waals surface area (Å²) in [6.07, 6.45) is 11.7. The summed E-state index contributed by atoms with van der Waals surface area (Å²) in [4.78, 5) is 19.7. The summed E-state index contributed by atoms with van der Waals surface area (Å²) in [5.74, 6) is 2.35. The van der Waals surface area contributed by atoms with Gasteiger partial charge in [-0.05, 0) is 44.4 Å². The van der Waals surface area contributed by atoms with Crippen LogP contribution in [0.2, 0.25) is 0 Å². The van der Waals surface area contributed by atoms with Gasteiger partial charge in [0.2, 0.25) is 5.91 Å². The summed E-state index contributed by atoms with van der Waals surface area (Å²) in [5, 5.41) is 0. The lowest BCUT2D eigenvalue weighted by atomic mass is 9.90. The number of aryl methyl sites for hydroxylation is 1. The molecule has 122 valence electrons. The van der Waals surface area contributed by atoms with E-state index < -0.39 is 0 Å². The van der Waals surface area contributed by atoms with Crippen LogP contribution in [-0.4, -0.2) is 32.9 Å². The number of aromatic nitrogens is 2. The van der Waals surface area contributed by atoms with Gasteiger partial charge in [-0.3, -0.25) is 4.79 Å². The average Bonchev–Trinajstić information content (AvgIpc) is 3.00. The first kappa shape index (κ1) is 15.6. The van der Waals surface area contributed by atoms with Crippen molar-refractivity contribution in [3.63, 3.8) is 0 Å². The lowest BCUT2D eigenvalue weighted by molar-refractivity contribution is -0.140. The van der Waals surface area contributed by atoms with E-state index in [-0.39, 0.29) is 5.92 Å². The summed E-state index contributed by atoms with van der Waals surface area (Å²) in [7, 11) is 0. The highest BCUT2D eigenvalue weighted by molar-refractivity contribution is 5.79. The zero-order valence-corrected chi connectivity index (χ0v) is 14.0. The van der Waals surface area contributed by atoms with Crippen LogP contribution in [0, 0.1) is 11.8 Å². The smallest absolute Gasteiger partial charge is 0.226 e. The number of hydrogen-bond acceptors (Lipinski definition) is 2. The third-order valence-electron chi connectivity index (χ3n) is 5.29. The Morgan fingerprint density at radius 2 is 2.18 bits per heavy atom. The number of carbonyl (C=O) groups excluding carboxylic acids is 1. The van der Waals surface area contributed by atoms with Gasteiger partial charge >= 0.3 is 0 Å². The molecule has 0 saturated carbocycles. The second kappa shape index (κ2) is 6.84. The number of amides is 1. The Labute approximate surface area is 133 Å². The monoisotopic (exact) mass is 303 g/mol. The Balaban J connectivity index is 1.64. The highest BCUT2D eigenvalue weighted by atomic mass is 16.2. The molecule has 2 atom stereocenters. The van der Waals surface area contributed by atoms with Crippen LogP contribution in [0.5, 0.6) is 0 Å². The van der Waals surface area contributed by atoms with E-state index in [4.69, 9.17) is 0 Å². The Morgan fingerprint density at radius 1 is 1.32 bits per heavy atom. The Hall–Kier alpha value is -1.32. The van der Waals surface area contributed by atoms with Crippen LogP contribution in [0.25, 0.3) is 0 Å². The van der Waals surface area contributed by atoms with E-state index >= 15 is 0 Å². The fourth-order valence-corrected chi connectivity index (χ4v) is 3.91. The molecule has 2 aliphatic heterocycles. The molecular formula is C18H29N3O. The molecule has 0 aromatic carbocycles. The number of fused-ring (bicyclic) bond motifs is 1. The molecule has 22 heavy (non-hydrogen) atoms. The molecule has 0 spiro atoms. The summed E-state index contributed by atoms with van der Waals surface area (Å²) in [5.41, 5.74) is 0. The molecule has 1 saturated heterocycles.